The lowest BCUT2D eigenvalue weighted by Crippen LogP contribution is -2.41. The first-order valence-corrected chi connectivity index (χ1v) is 9.55. The largest absolute Gasteiger partial charge is 0.497 e. The smallest absolute Gasteiger partial charge is 0.269 e. The van der Waals surface area contributed by atoms with Gasteiger partial charge in [-0.05, 0) is 42.8 Å². The molecule has 0 saturated carbocycles. The minimum Gasteiger partial charge on any atom is -0.497 e. The van der Waals surface area contributed by atoms with Crippen molar-refractivity contribution in [1.82, 2.24) is 10.9 Å². The average Bonchev–Trinajstić information content (AvgIpc) is 2.79. The number of ketones is 1. The van der Waals surface area contributed by atoms with Crippen molar-refractivity contribution < 1.29 is 28.6 Å². The Balaban J connectivity index is 1.82. The molecule has 30 heavy (non-hydrogen) atoms. The van der Waals surface area contributed by atoms with Crippen LogP contribution in [0.4, 0.5) is 0 Å². The third kappa shape index (κ3) is 6.80. The Morgan fingerprint density at radius 3 is 2.00 bits per heavy atom. The number of hydrogen-bond acceptors (Lipinski definition) is 6. The number of rotatable bonds is 10. The maximum Gasteiger partial charge on any atom is 0.269 e. The number of carbonyl (C=O) groups excluding carboxylic acids is 3. The van der Waals surface area contributed by atoms with Gasteiger partial charge in [-0.2, -0.15) is 0 Å². The zero-order valence-corrected chi connectivity index (χ0v) is 17.3. The Kier molecular flexibility index (Phi) is 8.68. The van der Waals surface area contributed by atoms with E-state index in [1.54, 1.807) is 30.3 Å². The van der Waals surface area contributed by atoms with Crippen molar-refractivity contribution in [3.63, 3.8) is 0 Å². The Morgan fingerprint density at radius 2 is 1.43 bits per heavy atom. The molecule has 0 spiro atoms. The van der Waals surface area contributed by atoms with Gasteiger partial charge < -0.3 is 14.2 Å². The maximum atomic E-state index is 12.2. The summed E-state index contributed by atoms with van der Waals surface area (Å²) in [5.74, 6) is 0.410. The number of carbonyl (C=O) groups is 3. The molecule has 2 N–H and O–H groups in total. The molecule has 0 aromatic heterocycles. The fourth-order valence-corrected chi connectivity index (χ4v) is 2.53. The van der Waals surface area contributed by atoms with Crippen LogP contribution in [0.2, 0.25) is 0 Å². The number of nitrogens with one attached hydrogen (secondary N) is 2. The molecule has 0 fully saturated rings. The topological polar surface area (TPSA) is 103 Å². The Labute approximate surface area is 175 Å². The van der Waals surface area contributed by atoms with E-state index in [9.17, 15) is 14.4 Å². The third-order valence-electron chi connectivity index (χ3n) is 4.16. The number of ether oxygens (including phenoxy) is 3. The van der Waals surface area contributed by atoms with Gasteiger partial charge in [0.25, 0.3) is 5.91 Å². The van der Waals surface area contributed by atoms with Crippen LogP contribution in [-0.2, 0) is 4.79 Å². The quantitative estimate of drug-likeness (QED) is 0.458. The van der Waals surface area contributed by atoms with Crippen LogP contribution >= 0.6 is 0 Å². The van der Waals surface area contributed by atoms with Gasteiger partial charge in [-0.15, -0.1) is 0 Å². The van der Waals surface area contributed by atoms with Crippen LogP contribution in [0.3, 0.4) is 0 Å². The molecule has 0 heterocycles. The standard InChI is InChI=1S/C22H26N2O6/c1-4-11-30-17-7-5-15(6-8-17)20(25)9-10-21(26)23-24-22(27)16-12-18(28-2)14-19(13-16)29-3/h5-8,12-14H,4,9-11H2,1-3H3,(H,23,26)(H,24,27). The predicted molar refractivity (Wildman–Crippen MR) is 111 cm³/mol. The second-order valence-electron chi connectivity index (χ2n) is 6.40. The van der Waals surface area contributed by atoms with Gasteiger partial charge in [-0.25, -0.2) is 0 Å². The lowest BCUT2D eigenvalue weighted by Gasteiger charge is -2.10. The van der Waals surface area contributed by atoms with Crippen molar-refractivity contribution in [2.75, 3.05) is 20.8 Å². The second kappa shape index (κ2) is 11.5. The van der Waals surface area contributed by atoms with Gasteiger partial charge in [0, 0.05) is 30.0 Å². The highest BCUT2D eigenvalue weighted by atomic mass is 16.5. The van der Waals surface area contributed by atoms with Crippen molar-refractivity contribution in [2.45, 2.75) is 26.2 Å². The van der Waals surface area contributed by atoms with Crippen LogP contribution < -0.4 is 25.1 Å². The first-order chi connectivity index (χ1) is 14.5. The van der Waals surface area contributed by atoms with E-state index < -0.39 is 11.8 Å². The molecule has 0 aliphatic rings. The van der Waals surface area contributed by atoms with Gasteiger partial charge in [0.1, 0.15) is 17.2 Å². The molecule has 2 aromatic rings. The molecular weight excluding hydrogens is 388 g/mol. The molecule has 160 valence electrons. The minimum atomic E-state index is -0.533. The summed E-state index contributed by atoms with van der Waals surface area (Å²) in [7, 11) is 2.95. The van der Waals surface area contributed by atoms with Crippen LogP contribution in [0.15, 0.2) is 42.5 Å². The molecular formula is C22H26N2O6. The number of methoxy groups -OCH3 is 2. The molecule has 2 aromatic carbocycles. The number of benzene rings is 2. The van der Waals surface area contributed by atoms with E-state index in [1.165, 1.54) is 26.4 Å². The highest BCUT2D eigenvalue weighted by Gasteiger charge is 2.13. The molecule has 0 bridgehead atoms. The van der Waals surface area contributed by atoms with Crippen LogP contribution in [0.5, 0.6) is 17.2 Å². The van der Waals surface area contributed by atoms with E-state index in [-0.39, 0.29) is 24.2 Å². The average molecular weight is 414 g/mol. The van der Waals surface area contributed by atoms with Gasteiger partial charge >= 0.3 is 0 Å². The van der Waals surface area contributed by atoms with E-state index in [2.05, 4.69) is 10.9 Å². The van der Waals surface area contributed by atoms with Gasteiger partial charge in [0.05, 0.1) is 20.8 Å². The zero-order chi connectivity index (χ0) is 21.9. The van der Waals surface area contributed by atoms with Gasteiger partial charge in [0.2, 0.25) is 5.91 Å². The van der Waals surface area contributed by atoms with E-state index in [1.807, 2.05) is 6.92 Å². The molecule has 8 nitrogen and oxygen atoms in total. The summed E-state index contributed by atoms with van der Waals surface area (Å²) in [6.07, 6.45) is 0.857. The summed E-state index contributed by atoms with van der Waals surface area (Å²) in [5, 5.41) is 0. The molecule has 2 rings (SSSR count). The van der Waals surface area contributed by atoms with Crippen molar-refractivity contribution in [1.29, 1.82) is 0 Å². The molecule has 0 saturated heterocycles. The third-order valence-corrected chi connectivity index (χ3v) is 4.16. The van der Waals surface area contributed by atoms with Crippen LogP contribution in [0, 0.1) is 0 Å². The fourth-order valence-electron chi connectivity index (χ4n) is 2.53. The van der Waals surface area contributed by atoms with E-state index in [0.29, 0.717) is 29.4 Å². The first-order valence-electron chi connectivity index (χ1n) is 9.55. The van der Waals surface area contributed by atoms with Crippen LogP contribution in [-0.4, -0.2) is 38.4 Å². The van der Waals surface area contributed by atoms with E-state index in [0.717, 1.165) is 6.42 Å². The van der Waals surface area contributed by atoms with Crippen molar-refractivity contribution in [3.8, 4) is 17.2 Å². The lowest BCUT2D eigenvalue weighted by molar-refractivity contribution is -0.121. The molecule has 0 aliphatic carbocycles. The summed E-state index contributed by atoms with van der Waals surface area (Å²) in [4.78, 5) is 36.5. The molecule has 0 unspecified atom stereocenters. The normalized spacial score (nSPS) is 10.1. The van der Waals surface area contributed by atoms with Gasteiger partial charge in [-0.3, -0.25) is 25.2 Å². The lowest BCUT2D eigenvalue weighted by atomic mass is 10.1. The predicted octanol–water partition coefficient (Wildman–Crippen LogP) is 2.92. The summed E-state index contributed by atoms with van der Waals surface area (Å²) >= 11 is 0. The summed E-state index contributed by atoms with van der Waals surface area (Å²) in [6.45, 7) is 2.63. The highest BCUT2D eigenvalue weighted by Crippen LogP contribution is 2.22. The number of amides is 2. The Bertz CT molecular complexity index is 857. The Hall–Kier alpha value is -3.55. The summed E-state index contributed by atoms with van der Waals surface area (Å²) in [5.41, 5.74) is 5.37. The first kappa shape index (κ1) is 22.7. The second-order valence-corrected chi connectivity index (χ2v) is 6.40. The number of hydrazine groups is 1. The van der Waals surface area contributed by atoms with Crippen molar-refractivity contribution in [2.24, 2.45) is 0 Å². The fraction of sp³-hybridized carbons (Fsp3) is 0.318. The minimum absolute atomic E-state index is 0.0177. The molecule has 0 atom stereocenters. The van der Waals surface area contributed by atoms with Gasteiger partial charge in [0.15, 0.2) is 5.78 Å². The number of hydrogen-bond donors (Lipinski definition) is 2. The maximum absolute atomic E-state index is 12.2. The molecule has 2 amide bonds. The van der Waals surface area contributed by atoms with E-state index in [4.69, 9.17) is 14.2 Å². The van der Waals surface area contributed by atoms with Crippen LogP contribution in [0.1, 0.15) is 46.9 Å². The number of Topliss-reactive ketones (excluding diaryl/α,β-unsaturated/α-hetero) is 1. The monoisotopic (exact) mass is 414 g/mol. The van der Waals surface area contributed by atoms with Gasteiger partial charge in [-0.1, -0.05) is 6.92 Å². The van der Waals surface area contributed by atoms with E-state index >= 15 is 0 Å². The SMILES string of the molecule is CCCOc1ccc(C(=O)CCC(=O)NNC(=O)c2cc(OC)cc(OC)c2)cc1. The highest BCUT2D eigenvalue weighted by molar-refractivity contribution is 5.99. The molecule has 0 radical (unpaired) electrons. The zero-order valence-electron chi connectivity index (χ0n) is 17.3. The molecule has 8 heteroatoms. The van der Waals surface area contributed by atoms with Crippen LogP contribution in [0.25, 0.3) is 0 Å². The van der Waals surface area contributed by atoms with Crippen molar-refractivity contribution in [3.05, 3.63) is 53.6 Å². The summed E-state index contributed by atoms with van der Waals surface area (Å²) < 4.78 is 15.7. The van der Waals surface area contributed by atoms with Crippen molar-refractivity contribution >= 4 is 17.6 Å². The molecule has 0 aliphatic heterocycles. The Morgan fingerprint density at radius 1 is 0.800 bits per heavy atom. The summed E-state index contributed by atoms with van der Waals surface area (Å²) in [6, 6.07) is 11.5.